The number of hydrogen-bond acceptors (Lipinski definition) is 4. The van der Waals surface area contributed by atoms with E-state index in [1.54, 1.807) is 24.3 Å². The molecular formula is C15H9BrO4. The van der Waals surface area contributed by atoms with Crippen LogP contribution in [0.1, 0.15) is 0 Å². The van der Waals surface area contributed by atoms with Crippen LogP contribution in [0.5, 0.6) is 11.5 Å². The molecule has 20 heavy (non-hydrogen) atoms. The van der Waals surface area contributed by atoms with Crippen molar-refractivity contribution in [2.75, 3.05) is 0 Å². The molecule has 0 fully saturated rings. The molecule has 2 aromatic carbocycles. The van der Waals surface area contributed by atoms with Crippen molar-refractivity contribution in [1.82, 2.24) is 0 Å². The highest BCUT2D eigenvalue weighted by Gasteiger charge is 2.15. The van der Waals surface area contributed by atoms with Crippen LogP contribution in [0.2, 0.25) is 0 Å². The Kier molecular flexibility index (Phi) is 2.99. The highest BCUT2D eigenvalue weighted by molar-refractivity contribution is 9.10. The Bertz CT molecular complexity index is 850. The molecule has 0 aliphatic rings. The summed E-state index contributed by atoms with van der Waals surface area (Å²) in [7, 11) is 0. The first-order chi connectivity index (χ1) is 9.56. The molecule has 5 heteroatoms. The zero-order chi connectivity index (χ0) is 14.3. The maximum atomic E-state index is 12.0. The molecule has 0 bridgehead atoms. The summed E-state index contributed by atoms with van der Waals surface area (Å²) in [6.07, 6.45) is 0. The van der Waals surface area contributed by atoms with Crippen LogP contribution in [0.25, 0.3) is 22.1 Å². The lowest BCUT2D eigenvalue weighted by Gasteiger charge is -2.06. The molecule has 3 aromatic rings. The molecule has 0 unspecified atom stereocenters. The maximum Gasteiger partial charge on any atom is 0.347 e. The van der Waals surface area contributed by atoms with Crippen molar-refractivity contribution in [3.63, 3.8) is 0 Å². The lowest BCUT2D eigenvalue weighted by atomic mass is 10.0. The summed E-state index contributed by atoms with van der Waals surface area (Å²) in [6.45, 7) is 0. The van der Waals surface area contributed by atoms with Crippen molar-refractivity contribution in [3.05, 3.63) is 57.4 Å². The minimum atomic E-state index is -0.650. The predicted octanol–water partition coefficient (Wildman–Crippen LogP) is 3.63. The SMILES string of the molecule is O=c1oc2cc(O)ccc2c(O)c1-c1ccc(Br)cc1. The monoisotopic (exact) mass is 332 g/mol. The van der Waals surface area contributed by atoms with Crippen LogP contribution in [0.4, 0.5) is 0 Å². The molecule has 0 radical (unpaired) electrons. The largest absolute Gasteiger partial charge is 0.508 e. The van der Waals surface area contributed by atoms with Crippen LogP contribution in [-0.4, -0.2) is 10.2 Å². The summed E-state index contributed by atoms with van der Waals surface area (Å²) in [5.74, 6) is -0.185. The standard InChI is InChI=1S/C15H9BrO4/c16-9-3-1-8(2-4-9)13-14(18)11-6-5-10(17)7-12(11)20-15(13)19/h1-7,17-18H. The van der Waals surface area contributed by atoms with E-state index in [1.165, 1.54) is 18.2 Å². The van der Waals surface area contributed by atoms with Crippen molar-refractivity contribution in [2.24, 2.45) is 0 Å². The Morgan fingerprint density at radius 2 is 1.70 bits per heavy atom. The number of rotatable bonds is 1. The van der Waals surface area contributed by atoms with Crippen molar-refractivity contribution in [3.8, 4) is 22.6 Å². The molecule has 100 valence electrons. The van der Waals surface area contributed by atoms with Crippen molar-refractivity contribution in [2.45, 2.75) is 0 Å². The highest BCUT2D eigenvalue weighted by Crippen LogP contribution is 2.34. The van der Waals surface area contributed by atoms with Gasteiger partial charge in [-0.2, -0.15) is 0 Å². The number of phenolic OH excluding ortho intramolecular Hbond substituents is 1. The number of halogens is 1. The summed E-state index contributed by atoms with van der Waals surface area (Å²) in [4.78, 5) is 12.0. The lowest BCUT2D eigenvalue weighted by Crippen LogP contribution is -2.03. The summed E-state index contributed by atoms with van der Waals surface area (Å²) < 4.78 is 6.02. The van der Waals surface area contributed by atoms with Gasteiger partial charge in [-0.25, -0.2) is 4.79 Å². The van der Waals surface area contributed by atoms with E-state index in [9.17, 15) is 15.0 Å². The molecule has 4 nitrogen and oxygen atoms in total. The molecule has 0 atom stereocenters. The maximum absolute atomic E-state index is 12.0. The van der Waals surface area contributed by atoms with Gasteiger partial charge in [0, 0.05) is 10.5 Å². The zero-order valence-electron chi connectivity index (χ0n) is 10.1. The molecular weight excluding hydrogens is 324 g/mol. The average Bonchev–Trinajstić information content (AvgIpc) is 2.40. The molecule has 2 N–H and O–H groups in total. The molecule has 0 spiro atoms. The Morgan fingerprint density at radius 1 is 1.00 bits per heavy atom. The van der Waals surface area contributed by atoms with Crippen LogP contribution >= 0.6 is 15.9 Å². The van der Waals surface area contributed by atoms with Gasteiger partial charge in [0.05, 0.1) is 5.39 Å². The number of fused-ring (bicyclic) bond motifs is 1. The summed E-state index contributed by atoms with van der Waals surface area (Å²) >= 11 is 3.31. The second-order valence-corrected chi connectivity index (χ2v) is 5.22. The normalized spacial score (nSPS) is 10.8. The van der Waals surface area contributed by atoms with Gasteiger partial charge in [0.2, 0.25) is 0 Å². The molecule has 3 rings (SSSR count). The quantitative estimate of drug-likeness (QED) is 0.667. The first-order valence-corrected chi connectivity index (χ1v) is 6.60. The second-order valence-electron chi connectivity index (χ2n) is 4.30. The summed E-state index contributed by atoms with van der Waals surface area (Å²) in [5.41, 5.74) is 0.168. The van der Waals surface area contributed by atoms with Crippen LogP contribution in [0.15, 0.2) is 56.1 Å². The zero-order valence-corrected chi connectivity index (χ0v) is 11.7. The first-order valence-electron chi connectivity index (χ1n) is 5.81. The smallest absolute Gasteiger partial charge is 0.347 e. The van der Waals surface area contributed by atoms with Crippen molar-refractivity contribution >= 4 is 26.9 Å². The van der Waals surface area contributed by atoms with Crippen LogP contribution in [-0.2, 0) is 0 Å². The molecule has 0 aliphatic carbocycles. The Morgan fingerprint density at radius 3 is 2.40 bits per heavy atom. The Balaban J connectivity index is 2.34. The molecule has 0 saturated carbocycles. The van der Waals surface area contributed by atoms with E-state index in [0.29, 0.717) is 10.9 Å². The minimum absolute atomic E-state index is 0.0311. The van der Waals surface area contributed by atoms with E-state index < -0.39 is 5.63 Å². The number of hydrogen-bond donors (Lipinski definition) is 2. The van der Waals surface area contributed by atoms with Gasteiger partial charge in [0.25, 0.3) is 0 Å². The molecule has 1 aromatic heterocycles. The van der Waals surface area contributed by atoms with Gasteiger partial charge in [-0.15, -0.1) is 0 Å². The fraction of sp³-hybridized carbons (Fsp3) is 0. The fourth-order valence-electron chi connectivity index (χ4n) is 2.04. The van der Waals surface area contributed by atoms with E-state index in [2.05, 4.69) is 15.9 Å². The van der Waals surface area contributed by atoms with Crippen molar-refractivity contribution in [1.29, 1.82) is 0 Å². The summed E-state index contributed by atoms with van der Waals surface area (Å²) in [5, 5.41) is 20.0. The molecule has 1 heterocycles. The van der Waals surface area contributed by atoms with E-state index >= 15 is 0 Å². The second kappa shape index (κ2) is 4.68. The third kappa shape index (κ3) is 2.06. The summed E-state index contributed by atoms with van der Waals surface area (Å²) in [6, 6.07) is 11.2. The van der Waals surface area contributed by atoms with Gasteiger partial charge in [-0.3, -0.25) is 0 Å². The average molecular weight is 333 g/mol. The molecule has 0 aliphatic heterocycles. The third-order valence-corrected chi connectivity index (χ3v) is 3.53. The fourth-order valence-corrected chi connectivity index (χ4v) is 2.31. The Labute approximate surface area is 122 Å². The van der Waals surface area contributed by atoms with Gasteiger partial charge in [0.15, 0.2) is 0 Å². The van der Waals surface area contributed by atoms with Crippen molar-refractivity contribution < 1.29 is 14.6 Å². The van der Waals surface area contributed by atoms with Crippen LogP contribution in [0, 0.1) is 0 Å². The highest BCUT2D eigenvalue weighted by atomic mass is 79.9. The van der Waals surface area contributed by atoms with Gasteiger partial charge in [0.1, 0.15) is 22.6 Å². The number of aromatic hydroxyl groups is 2. The van der Waals surface area contributed by atoms with Gasteiger partial charge in [-0.05, 0) is 29.8 Å². The Hall–Kier alpha value is -2.27. The van der Waals surface area contributed by atoms with Crippen LogP contribution < -0.4 is 5.63 Å². The predicted molar refractivity (Wildman–Crippen MR) is 78.9 cm³/mol. The lowest BCUT2D eigenvalue weighted by molar-refractivity contribution is 0.465. The van der Waals surface area contributed by atoms with Gasteiger partial charge < -0.3 is 14.6 Å². The van der Waals surface area contributed by atoms with E-state index in [-0.39, 0.29) is 22.6 Å². The topological polar surface area (TPSA) is 70.7 Å². The van der Waals surface area contributed by atoms with Gasteiger partial charge in [-0.1, -0.05) is 28.1 Å². The molecule has 0 amide bonds. The first kappa shape index (κ1) is 12.7. The van der Waals surface area contributed by atoms with E-state index in [4.69, 9.17) is 4.42 Å². The number of benzene rings is 2. The molecule has 0 saturated heterocycles. The number of phenols is 1. The third-order valence-electron chi connectivity index (χ3n) is 3.00. The minimum Gasteiger partial charge on any atom is -0.508 e. The van der Waals surface area contributed by atoms with E-state index in [0.717, 1.165) is 4.47 Å². The van der Waals surface area contributed by atoms with Crippen LogP contribution in [0.3, 0.4) is 0 Å². The van der Waals surface area contributed by atoms with Gasteiger partial charge >= 0.3 is 5.63 Å². The van der Waals surface area contributed by atoms with E-state index in [1.807, 2.05) is 0 Å².